The summed E-state index contributed by atoms with van der Waals surface area (Å²) < 4.78 is 63.9. The largest absolute Gasteiger partial charge is 0.490 e. The van der Waals surface area contributed by atoms with E-state index in [4.69, 9.17) is 19.4 Å². The number of halogens is 1. The molecule has 1 saturated heterocycles. The summed E-state index contributed by atoms with van der Waals surface area (Å²) in [5, 5.41) is 12.3. The first kappa shape index (κ1) is 27.8. The third-order valence-electron chi connectivity index (χ3n) is 3.64. The molecule has 0 saturated carbocycles. The summed E-state index contributed by atoms with van der Waals surface area (Å²) in [6.07, 6.45) is -6.19. The summed E-state index contributed by atoms with van der Waals surface area (Å²) in [7, 11) is -16.9. The topological polar surface area (TPSA) is 262 Å². The molecular weight excluding hydrogens is 526 g/mol. The highest BCUT2D eigenvalue weighted by Gasteiger charge is 2.49. The fourth-order valence-electron chi connectivity index (χ4n) is 2.50. The molecule has 18 nitrogen and oxygen atoms in total. The van der Waals surface area contributed by atoms with E-state index in [1.807, 2.05) is 0 Å². The molecule has 0 aromatic carbocycles. The van der Waals surface area contributed by atoms with Crippen molar-refractivity contribution in [2.75, 3.05) is 11.9 Å². The monoisotopic (exact) mass is 543 g/mol. The lowest BCUT2D eigenvalue weighted by atomic mass is 10.1. The number of ether oxygens (including phenoxy) is 1. The van der Waals surface area contributed by atoms with Gasteiger partial charge in [0.05, 0.1) is 6.61 Å². The van der Waals surface area contributed by atoms with Gasteiger partial charge in [0.15, 0.2) is 12.3 Å². The molecule has 33 heavy (non-hydrogen) atoms. The molecule has 2 rings (SSSR count). The van der Waals surface area contributed by atoms with E-state index in [0.29, 0.717) is 4.57 Å². The van der Waals surface area contributed by atoms with E-state index < -0.39 is 66.2 Å². The highest BCUT2D eigenvalue weighted by Crippen LogP contribution is 2.66. The minimum absolute atomic E-state index is 0.149. The van der Waals surface area contributed by atoms with Gasteiger partial charge in [0.1, 0.15) is 18.0 Å². The number of phosphoric acid groups is 3. The molecule has 1 aromatic rings. The van der Waals surface area contributed by atoms with Crippen LogP contribution in [0.1, 0.15) is 13.2 Å². The molecule has 2 heterocycles. The Hall–Kier alpha value is -1.43. The fraction of sp³-hybridized carbons (Fsp3) is 0.545. The molecule has 1 aliphatic heterocycles. The molecule has 1 fully saturated rings. The van der Waals surface area contributed by atoms with Crippen LogP contribution in [0, 0.1) is 0 Å². The highest BCUT2D eigenvalue weighted by atomic mass is 31.3. The van der Waals surface area contributed by atoms with Gasteiger partial charge in [0.25, 0.3) is 0 Å². The molecule has 6 atom stereocenters. The molecule has 6 N–H and O–H groups in total. The van der Waals surface area contributed by atoms with Crippen LogP contribution >= 0.6 is 23.5 Å². The summed E-state index contributed by atoms with van der Waals surface area (Å²) in [5.74, 6) is -0.687. The van der Waals surface area contributed by atoms with Crippen LogP contribution in [0.3, 0.4) is 0 Å². The molecule has 0 bridgehead atoms. The standard InChI is InChI=1S/C11H17FN3O15P3/c1-5(16)13-7-2-3-15(11(18)14-7)10-9(28-12)8(17)6(27-10)4-26-32(22,23)30-33(24,25)29-31(19,20)21/h2-3,6,8-10,17H,4H2,1H3,(H,22,23)(H,24,25)(H2,19,20,21)(H,13,14,16,18)/t6-,8+,9-,10-/m1/s1. The van der Waals surface area contributed by atoms with E-state index in [1.165, 1.54) is 0 Å². The van der Waals surface area contributed by atoms with Crippen LogP contribution < -0.4 is 11.0 Å². The van der Waals surface area contributed by atoms with Gasteiger partial charge in [0, 0.05) is 13.1 Å². The van der Waals surface area contributed by atoms with Gasteiger partial charge in [-0.05, 0) is 10.6 Å². The highest BCUT2D eigenvalue weighted by molar-refractivity contribution is 7.66. The first-order chi connectivity index (χ1) is 15.0. The van der Waals surface area contributed by atoms with Crippen molar-refractivity contribution >= 4 is 35.2 Å². The van der Waals surface area contributed by atoms with Crippen molar-refractivity contribution in [3.05, 3.63) is 22.7 Å². The molecule has 2 unspecified atom stereocenters. The Kier molecular flexibility index (Phi) is 8.81. The molecule has 1 aliphatic rings. The normalized spacial score (nSPS) is 27.0. The SMILES string of the molecule is CC(=O)Nc1ccn([C@@H]2O[C@H](COP(=O)(O)OP(=O)(O)OP(=O)(O)O)[C@H](O)[C@H]2OF)c(=O)n1. The van der Waals surface area contributed by atoms with Gasteiger partial charge in [-0.3, -0.25) is 13.9 Å². The van der Waals surface area contributed by atoms with Crippen molar-refractivity contribution in [1.29, 1.82) is 0 Å². The zero-order valence-corrected chi connectivity index (χ0v) is 18.8. The summed E-state index contributed by atoms with van der Waals surface area (Å²) in [6, 6.07) is 1.13. The summed E-state index contributed by atoms with van der Waals surface area (Å²) >= 11 is 0. The number of aliphatic hydroxyl groups is 1. The maximum atomic E-state index is 13.0. The van der Waals surface area contributed by atoms with Crippen LogP contribution in [-0.2, 0) is 41.3 Å². The zero-order valence-electron chi connectivity index (χ0n) is 16.1. The predicted molar refractivity (Wildman–Crippen MR) is 98.5 cm³/mol. The molecular formula is C11H17FN3O15P3. The number of amides is 1. The van der Waals surface area contributed by atoms with E-state index in [2.05, 4.69) is 28.4 Å². The summed E-state index contributed by atoms with van der Waals surface area (Å²) in [6.45, 7) is 0.0200. The lowest BCUT2D eigenvalue weighted by Gasteiger charge is -2.19. The van der Waals surface area contributed by atoms with Gasteiger partial charge >= 0.3 is 29.2 Å². The van der Waals surface area contributed by atoms with Crippen molar-refractivity contribution in [3.63, 3.8) is 0 Å². The summed E-state index contributed by atoms with van der Waals surface area (Å²) in [4.78, 5) is 65.8. The number of carbonyl (C=O) groups is 1. The first-order valence-corrected chi connectivity index (χ1v) is 12.8. The molecule has 22 heteroatoms. The van der Waals surface area contributed by atoms with Gasteiger partial charge < -0.3 is 34.7 Å². The second kappa shape index (κ2) is 10.5. The van der Waals surface area contributed by atoms with Gasteiger partial charge in [-0.25, -0.2) is 18.5 Å². The van der Waals surface area contributed by atoms with Crippen LogP contribution in [0.25, 0.3) is 0 Å². The number of phosphoric ester groups is 1. The number of hydrogen-bond donors (Lipinski definition) is 6. The molecule has 0 radical (unpaired) electrons. The second-order valence-electron chi connectivity index (χ2n) is 6.18. The third-order valence-corrected chi connectivity index (χ3v) is 7.44. The van der Waals surface area contributed by atoms with Gasteiger partial charge in [-0.15, -0.1) is 0 Å². The lowest BCUT2D eigenvalue weighted by molar-refractivity contribution is -0.221. The summed E-state index contributed by atoms with van der Waals surface area (Å²) in [5.41, 5.74) is -1.07. The Balaban J connectivity index is 2.12. The predicted octanol–water partition coefficient (Wildman–Crippen LogP) is -0.927. The van der Waals surface area contributed by atoms with E-state index in [0.717, 1.165) is 19.2 Å². The van der Waals surface area contributed by atoms with Crippen LogP contribution in [0.4, 0.5) is 10.3 Å². The number of aliphatic hydroxyl groups excluding tert-OH is 1. The Labute approximate surface area is 182 Å². The Morgan fingerprint density at radius 3 is 2.39 bits per heavy atom. The Morgan fingerprint density at radius 1 is 1.24 bits per heavy atom. The first-order valence-electron chi connectivity index (χ1n) is 8.29. The van der Waals surface area contributed by atoms with E-state index in [1.54, 1.807) is 0 Å². The molecule has 188 valence electrons. The molecule has 0 spiro atoms. The minimum Gasteiger partial charge on any atom is -0.387 e. The van der Waals surface area contributed by atoms with Crippen LogP contribution in [0.15, 0.2) is 17.1 Å². The number of aromatic nitrogens is 2. The number of anilines is 1. The van der Waals surface area contributed by atoms with Crippen molar-refractivity contribution in [2.24, 2.45) is 0 Å². The van der Waals surface area contributed by atoms with Crippen molar-refractivity contribution in [2.45, 2.75) is 31.5 Å². The number of nitrogens with one attached hydrogen (secondary N) is 1. The van der Waals surface area contributed by atoms with Crippen LogP contribution in [0.2, 0.25) is 0 Å². The van der Waals surface area contributed by atoms with Crippen molar-refractivity contribution in [3.8, 4) is 0 Å². The smallest absolute Gasteiger partial charge is 0.387 e. The Morgan fingerprint density at radius 2 is 1.88 bits per heavy atom. The quantitative estimate of drug-likeness (QED) is 0.195. The van der Waals surface area contributed by atoms with E-state index >= 15 is 0 Å². The van der Waals surface area contributed by atoms with Crippen molar-refractivity contribution in [1.82, 2.24) is 9.55 Å². The lowest BCUT2D eigenvalue weighted by Crippen LogP contribution is -2.37. The minimum atomic E-state index is -5.78. The van der Waals surface area contributed by atoms with Crippen molar-refractivity contribution < 1.29 is 70.5 Å². The van der Waals surface area contributed by atoms with E-state index in [9.17, 15) is 37.8 Å². The second-order valence-corrected chi connectivity index (χ2v) is 10.6. The third kappa shape index (κ3) is 8.08. The molecule has 1 amide bonds. The van der Waals surface area contributed by atoms with Gasteiger partial charge in [-0.1, -0.05) is 0 Å². The van der Waals surface area contributed by atoms with Gasteiger partial charge in [0.2, 0.25) is 5.91 Å². The van der Waals surface area contributed by atoms with Crippen LogP contribution in [-0.4, -0.2) is 65.1 Å². The fourth-order valence-corrected chi connectivity index (χ4v) is 5.53. The molecule has 0 aliphatic carbocycles. The Bertz CT molecular complexity index is 1080. The maximum Gasteiger partial charge on any atom is 0.490 e. The van der Waals surface area contributed by atoms with E-state index in [-0.39, 0.29) is 5.82 Å². The number of hydrogen-bond acceptors (Lipinski definition) is 12. The van der Waals surface area contributed by atoms with Crippen LogP contribution in [0.5, 0.6) is 0 Å². The number of nitrogens with zero attached hydrogens (tertiary/aromatic N) is 2. The molecule has 1 aromatic heterocycles. The average molecular weight is 543 g/mol. The maximum absolute atomic E-state index is 13.0. The number of carbonyl (C=O) groups excluding carboxylic acids is 1. The average Bonchev–Trinajstić information content (AvgIpc) is 2.92. The van der Waals surface area contributed by atoms with Gasteiger partial charge in [-0.2, -0.15) is 18.5 Å². The zero-order chi connectivity index (χ0) is 25.2. The number of rotatable bonds is 10.